The number of carbonyl (C=O) groups excluding carboxylic acids is 1. The molecule has 1 spiro atoms. The van der Waals surface area contributed by atoms with Crippen LogP contribution in [0.25, 0.3) is 0 Å². The summed E-state index contributed by atoms with van der Waals surface area (Å²) in [7, 11) is -2.06. The number of fused-ring (bicyclic) bond motifs is 2. The van der Waals surface area contributed by atoms with Crippen molar-refractivity contribution >= 4 is 33.4 Å². The van der Waals surface area contributed by atoms with E-state index < -0.39 is 15.7 Å². The van der Waals surface area contributed by atoms with Crippen molar-refractivity contribution in [2.75, 3.05) is 25.3 Å². The first-order chi connectivity index (χ1) is 15.7. The standard InChI is InChI=1S/C25H30ClNO5S/c1-31-23(28)25(27-21-8-5-7-20(26)17-21)13-11-24(12-14-25)19(10-15-32-33(2,29)30)16-18-6-3-4-9-22(18)24/h3-9,17,19,27H,10-16H2,1-2H3. The first-order valence-electron chi connectivity index (χ1n) is 11.2. The Hall–Kier alpha value is -2.09. The van der Waals surface area contributed by atoms with Crippen molar-refractivity contribution in [3.63, 3.8) is 0 Å². The van der Waals surface area contributed by atoms with E-state index in [2.05, 4.69) is 23.5 Å². The average molecular weight is 492 g/mol. The van der Waals surface area contributed by atoms with E-state index in [1.807, 2.05) is 24.3 Å². The normalized spacial score (nSPS) is 26.7. The summed E-state index contributed by atoms with van der Waals surface area (Å²) in [6.45, 7) is 0.169. The molecule has 2 aromatic rings. The maximum atomic E-state index is 13.0. The van der Waals surface area contributed by atoms with Gasteiger partial charge < -0.3 is 10.1 Å². The van der Waals surface area contributed by atoms with Crippen LogP contribution in [0.2, 0.25) is 5.02 Å². The van der Waals surface area contributed by atoms with Gasteiger partial charge in [-0.05, 0) is 79.2 Å². The Morgan fingerprint density at radius 2 is 1.85 bits per heavy atom. The highest BCUT2D eigenvalue weighted by atomic mass is 35.5. The lowest BCUT2D eigenvalue weighted by molar-refractivity contribution is -0.148. The zero-order valence-corrected chi connectivity index (χ0v) is 20.5. The van der Waals surface area contributed by atoms with Gasteiger partial charge in [0.1, 0.15) is 5.54 Å². The quantitative estimate of drug-likeness (QED) is 0.446. The van der Waals surface area contributed by atoms with Crippen molar-refractivity contribution < 1.29 is 22.1 Å². The molecule has 0 bridgehead atoms. The maximum Gasteiger partial charge on any atom is 0.331 e. The number of hydrogen-bond donors (Lipinski definition) is 1. The van der Waals surface area contributed by atoms with Crippen LogP contribution in [0.4, 0.5) is 5.69 Å². The summed E-state index contributed by atoms with van der Waals surface area (Å²) < 4.78 is 33.3. The molecule has 8 heteroatoms. The number of carbonyl (C=O) groups is 1. The molecule has 0 amide bonds. The third kappa shape index (κ3) is 4.91. The fraction of sp³-hybridized carbons (Fsp3) is 0.480. The summed E-state index contributed by atoms with van der Waals surface area (Å²) in [6.07, 6.45) is 5.39. The third-order valence-electron chi connectivity index (χ3n) is 7.35. The van der Waals surface area contributed by atoms with Gasteiger partial charge >= 0.3 is 5.97 Å². The number of nitrogens with one attached hydrogen (secondary N) is 1. The van der Waals surface area contributed by atoms with Crippen LogP contribution in [-0.4, -0.2) is 39.9 Å². The Bertz CT molecular complexity index is 1130. The molecular weight excluding hydrogens is 462 g/mol. The van der Waals surface area contributed by atoms with Gasteiger partial charge in [-0.1, -0.05) is 41.9 Å². The number of ether oxygens (including phenoxy) is 1. The molecule has 0 aromatic heterocycles. The molecule has 1 unspecified atom stereocenters. The number of halogens is 1. The minimum Gasteiger partial charge on any atom is -0.467 e. The van der Waals surface area contributed by atoms with E-state index in [1.165, 1.54) is 18.2 Å². The predicted octanol–water partition coefficient (Wildman–Crippen LogP) is 4.71. The van der Waals surface area contributed by atoms with Gasteiger partial charge in [0.25, 0.3) is 10.1 Å². The maximum absolute atomic E-state index is 13.0. The van der Waals surface area contributed by atoms with Crippen molar-refractivity contribution in [2.45, 2.75) is 49.5 Å². The summed E-state index contributed by atoms with van der Waals surface area (Å²) in [5.41, 5.74) is 2.45. The molecule has 4 rings (SSSR count). The van der Waals surface area contributed by atoms with Gasteiger partial charge in [0.15, 0.2) is 0 Å². The van der Waals surface area contributed by atoms with Crippen LogP contribution in [0.5, 0.6) is 0 Å². The minimum absolute atomic E-state index is 0.120. The molecular formula is C25H30ClNO5S. The molecule has 1 atom stereocenters. The van der Waals surface area contributed by atoms with Crippen LogP contribution < -0.4 is 5.32 Å². The van der Waals surface area contributed by atoms with Crippen molar-refractivity contribution in [3.05, 3.63) is 64.7 Å². The smallest absolute Gasteiger partial charge is 0.331 e. The third-order valence-corrected chi connectivity index (χ3v) is 8.18. The van der Waals surface area contributed by atoms with Gasteiger partial charge in [0.05, 0.1) is 20.0 Å². The largest absolute Gasteiger partial charge is 0.467 e. The fourth-order valence-electron chi connectivity index (χ4n) is 5.80. The van der Waals surface area contributed by atoms with E-state index in [4.69, 9.17) is 20.5 Å². The Balaban J connectivity index is 1.60. The van der Waals surface area contributed by atoms with E-state index in [0.29, 0.717) is 24.3 Å². The fourth-order valence-corrected chi connectivity index (χ4v) is 6.39. The van der Waals surface area contributed by atoms with Crippen molar-refractivity contribution in [3.8, 4) is 0 Å². The average Bonchev–Trinajstić information content (AvgIpc) is 3.07. The number of esters is 1. The first-order valence-corrected chi connectivity index (χ1v) is 13.4. The lowest BCUT2D eigenvalue weighted by atomic mass is 9.60. The van der Waals surface area contributed by atoms with E-state index in [-0.39, 0.29) is 23.9 Å². The minimum atomic E-state index is -3.48. The Kier molecular flexibility index (Phi) is 6.76. The second kappa shape index (κ2) is 9.28. The molecule has 1 fully saturated rings. The molecule has 2 aliphatic rings. The van der Waals surface area contributed by atoms with E-state index >= 15 is 0 Å². The predicted molar refractivity (Wildman–Crippen MR) is 129 cm³/mol. The number of rotatable bonds is 7. The molecule has 6 nitrogen and oxygen atoms in total. The van der Waals surface area contributed by atoms with E-state index in [0.717, 1.165) is 31.2 Å². The number of anilines is 1. The number of hydrogen-bond acceptors (Lipinski definition) is 6. The second-order valence-corrected chi connectivity index (χ2v) is 11.3. The molecule has 178 valence electrons. The Morgan fingerprint density at radius 1 is 1.12 bits per heavy atom. The summed E-state index contributed by atoms with van der Waals surface area (Å²) in [6, 6.07) is 15.8. The molecule has 33 heavy (non-hydrogen) atoms. The summed E-state index contributed by atoms with van der Waals surface area (Å²) in [4.78, 5) is 13.0. The van der Waals surface area contributed by atoms with Crippen LogP contribution in [-0.2, 0) is 35.7 Å². The highest BCUT2D eigenvalue weighted by Crippen LogP contribution is 2.55. The summed E-state index contributed by atoms with van der Waals surface area (Å²) in [5, 5.41) is 4.03. The Labute approximate surface area is 200 Å². The van der Waals surface area contributed by atoms with Gasteiger partial charge in [-0.2, -0.15) is 8.42 Å². The molecule has 1 saturated carbocycles. The van der Waals surface area contributed by atoms with Gasteiger partial charge in [-0.3, -0.25) is 4.18 Å². The van der Waals surface area contributed by atoms with E-state index in [9.17, 15) is 13.2 Å². The lowest BCUT2D eigenvalue weighted by Gasteiger charge is -2.47. The molecule has 2 aromatic carbocycles. The van der Waals surface area contributed by atoms with Crippen LogP contribution in [0.15, 0.2) is 48.5 Å². The van der Waals surface area contributed by atoms with Crippen molar-refractivity contribution in [1.82, 2.24) is 0 Å². The van der Waals surface area contributed by atoms with Crippen LogP contribution in [0.3, 0.4) is 0 Å². The lowest BCUT2D eigenvalue weighted by Crippen LogP contribution is -2.53. The molecule has 0 saturated heterocycles. The molecule has 0 heterocycles. The Morgan fingerprint density at radius 3 is 2.52 bits per heavy atom. The van der Waals surface area contributed by atoms with E-state index in [1.54, 1.807) is 6.07 Å². The second-order valence-electron chi connectivity index (χ2n) is 9.24. The highest BCUT2D eigenvalue weighted by Gasteiger charge is 2.54. The monoisotopic (exact) mass is 491 g/mol. The van der Waals surface area contributed by atoms with Gasteiger partial charge in [0, 0.05) is 10.7 Å². The SMILES string of the molecule is COC(=O)C1(Nc2cccc(Cl)c2)CCC2(CC1)c1ccccc1CC2CCOS(C)(=O)=O. The van der Waals surface area contributed by atoms with Crippen LogP contribution in [0, 0.1) is 5.92 Å². The van der Waals surface area contributed by atoms with Gasteiger partial charge in [-0.15, -0.1) is 0 Å². The number of methoxy groups -OCH3 is 1. The van der Waals surface area contributed by atoms with Crippen molar-refractivity contribution in [1.29, 1.82) is 0 Å². The van der Waals surface area contributed by atoms with Gasteiger partial charge in [-0.25, -0.2) is 4.79 Å². The highest BCUT2D eigenvalue weighted by molar-refractivity contribution is 7.85. The first kappa shape index (κ1) is 24.0. The zero-order valence-electron chi connectivity index (χ0n) is 19.0. The number of benzene rings is 2. The van der Waals surface area contributed by atoms with Crippen LogP contribution >= 0.6 is 11.6 Å². The molecule has 2 aliphatic carbocycles. The zero-order chi connectivity index (χ0) is 23.7. The summed E-state index contributed by atoms with van der Waals surface area (Å²) >= 11 is 6.16. The van der Waals surface area contributed by atoms with Crippen molar-refractivity contribution in [2.24, 2.45) is 5.92 Å². The van der Waals surface area contributed by atoms with Crippen LogP contribution in [0.1, 0.15) is 43.2 Å². The van der Waals surface area contributed by atoms with Gasteiger partial charge in [0.2, 0.25) is 0 Å². The summed E-state index contributed by atoms with van der Waals surface area (Å²) in [5.74, 6) is -0.0287. The molecule has 0 radical (unpaired) electrons. The molecule has 1 N–H and O–H groups in total. The topological polar surface area (TPSA) is 81.7 Å². The molecule has 0 aliphatic heterocycles.